The lowest BCUT2D eigenvalue weighted by Gasteiger charge is -2.38. The zero-order valence-corrected chi connectivity index (χ0v) is 12.7. The van der Waals surface area contributed by atoms with E-state index in [-0.39, 0.29) is 5.41 Å². The molecule has 0 spiro atoms. The normalized spacial score (nSPS) is 18.3. The third-order valence-electron chi connectivity index (χ3n) is 4.18. The smallest absolute Gasteiger partial charge is 0.00538 e. The molecule has 1 atom stereocenters. The number of fused-ring (bicyclic) bond motifs is 1. The maximum atomic E-state index is 5.88. The van der Waals surface area contributed by atoms with Crippen LogP contribution in [0.2, 0.25) is 0 Å². The summed E-state index contributed by atoms with van der Waals surface area (Å²) >= 11 is 0. The maximum absolute atomic E-state index is 5.88. The quantitative estimate of drug-likeness (QED) is 0.816. The van der Waals surface area contributed by atoms with Crippen LogP contribution in [-0.4, -0.2) is 31.1 Å². The Bertz CT molecular complexity index is 411. The fourth-order valence-electron chi connectivity index (χ4n) is 3.06. The van der Waals surface area contributed by atoms with Crippen LogP contribution >= 0.6 is 0 Å². The van der Waals surface area contributed by atoms with Crippen LogP contribution in [0.3, 0.4) is 0 Å². The average molecular weight is 260 g/mol. The van der Waals surface area contributed by atoms with Gasteiger partial charge < -0.3 is 10.6 Å². The van der Waals surface area contributed by atoms with Crippen LogP contribution in [0, 0.1) is 5.41 Å². The predicted octanol–water partition coefficient (Wildman–Crippen LogP) is 3.02. The van der Waals surface area contributed by atoms with E-state index >= 15 is 0 Å². The molecule has 0 bridgehead atoms. The summed E-state index contributed by atoms with van der Waals surface area (Å²) in [5.74, 6) is 0.733. The zero-order valence-electron chi connectivity index (χ0n) is 12.7. The lowest BCUT2D eigenvalue weighted by molar-refractivity contribution is 0.169. The summed E-state index contributed by atoms with van der Waals surface area (Å²) in [4.78, 5) is 2.60. The lowest BCUT2D eigenvalue weighted by Crippen LogP contribution is -2.42. The van der Waals surface area contributed by atoms with E-state index in [1.54, 1.807) is 11.1 Å². The van der Waals surface area contributed by atoms with E-state index in [0.717, 1.165) is 19.0 Å². The van der Waals surface area contributed by atoms with Gasteiger partial charge in [-0.05, 0) is 42.5 Å². The number of nitrogens with two attached hydrogens (primary N) is 1. The van der Waals surface area contributed by atoms with Gasteiger partial charge in [0.1, 0.15) is 0 Å². The highest BCUT2D eigenvalue weighted by Crippen LogP contribution is 2.35. The van der Waals surface area contributed by atoms with Crippen LogP contribution in [0.4, 0.5) is 0 Å². The summed E-state index contributed by atoms with van der Waals surface area (Å²) in [6.45, 7) is 11.0. The molecule has 2 nitrogen and oxygen atoms in total. The summed E-state index contributed by atoms with van der Waals surface area (Å²) in [7, 11) is 0. The molecule has 0 aromatic heterocycles. The van der Waals surface area contributed by atoms with Gasteiger partial charge in [0.15, 0.2) is 0 Å². The molecule has 0 amide bonds. The summed E-state index contributed by atoms with van der Waals surface area (Å²) in [5.41, 5.74) is 9.21. The molecule has 19 heavy (non-hydrogen) atoms. The fourth-order valence-corrected chi connectivity index (χ4v) is 3.06. The third kappa shape index (κ3) is 3.58. The molecule has 0 saturated carbocycles. The van der Waals surface area contributed by atoms with Crippen molar-refractivity contribution >= 4 is 0 Å². The highest BCUT2D eigenvalue weighted by molar-refractivity contribution is 5.40. The standard InChI is InChI=1S/C17H28N2/c1-4-9-19(13-17(2,3)12-18)11-15-10-14-7-5-6-8-16(14)15/h5-8,15H,4,9-13,18H2,1-3H3. The minimum Gasteiger partial charge on any atom is -0.330 e. The number of hydrogen-bond donors (Lipinski definition) is 1. The Morgan fingerprint density at radius 3 is 2.68 bits per heavy atom. The minimum atomic E-state index is 0.221. The lowest BCUT2D eigenvalue weighted by atomic mass is 9.77. The van der Waals surface area contributed by atoms with Gasteiger partial charge in [-0.3, -0.25) is 0 Å². The van der Waals surface area contributed by atoms with Gasteiger partial charge in [-0.25, -0.2) is 0 Å². The van der Waals surface area contributed by atoms with E-state index in [1.165, 1.54) is 25.9 Å². The van der Waals surface area contributed by atoms with Crippen molar-refractivity contribution in [3.8, 4) is 0 Å². The molecule has 1 aromatic rings. The Balaban J connectivity index is 1.95. The topological polar surface area (TPSA) is 29.3 Å². The van der Waals surface area contributed by atoms with Crippen molar-refractivity contribution < 1.29 is 0 Å². The highest BCUT2D eigenvalue weighted by Gasteiger charge is 2.29. The van der Waals surface area contributed by atoms with Crippen molar-refractivity contribution in [1.29, 1.82) is 0 Å². The number of hydrogen-bond acceptors (Lipinski definition) is 2. The first-order valence-electron chi connectivity index (χ1n) is 7.56. The summed E-state index contributed by atoms with van der Waals surface area (Å²) in [6, 6.07) is 8.87. The van der Waals surface area contributed by atoms with E-state index in [2.05, 4.69) is 49.9 Å². The minimum absolute atomic E-state index is 0.221. The first-order valence-corrected chi connectivity index (χ1v) is 7.56. The third-order valence-corrected chi connectivity index (χ3v) is 4.18. The van der Waals surface area contributed by atoms with E-state index < -0.39 is 0 Å². The second-order valence-electron chi connectivity index (χ2n) is 6.70. The zero-order chi connectivity index (χ0) is 13.9. The molecule has 1 aromatic carbocycles. The monoisotopic (exact) mass is 260 g/mol. The van der Waals surface area contributed by atoms with E-state index in [9.17, 15) is 0 Å². The van der Waals surface area contributed by atoms with Crippen molar-refractivity contribution in [3.05, 3.63) is 35.4 Å². The number of nitrogens with zero attached hydrogens (tertiary/aromatic N) is 1. The van der Waals surface area contributed by atoms with E-state index in [0.29, 0.717) is 0 Å². The van der Waals surface area contributed by atoms with Crippen molar-refractivity contribution in [2.24, 2.45) is 11.1 Å². The first kappa shape index (κ1) is 14.5. The Hall–Kier alpha value is -0.860. The number of benzene rings is 1. The second kappa shape index (κ2) is 6.06. The van der Waals surface area contributed by atoms with Gasteiger partial charge >= 0.3 is 0 Å². The number of rotatable bonds is 7. The van der Waals surface area contributed by atoms with Crippen LogP contribution in [0.25, 0.3) is 0 Å². The first-order chi connectivity index (χ1) is 9.05. The average Bonchev–Trinajstić information content (AvgIpc) is 2.36. The SMILES string of the molecule is CCCN(CC1Cc2ccccc21)CC(C)(C)CN. The highest BCUT2D eigenvalue weighted by atomic mass is 15.1. The Morgan fingerprint density at radius 2 is 2.05 bits per heavy atom. The van der Waals surface area contributed by atoms with E-state index in [1.807, 2.05) is 0 Å². The van der Waals surface area contributed by atoms with Gasteiger partial charge in [-0.15, -0.1) is 0 Å². The Labute approximate surface area is 118 Å². The molecule has 106 valence electrons. The fraction of sp³-hybridized carbons (Fsp3) is 0.647. The largest absolute Gasteiger partial charge is 0.330 e. The van der Waals surface area contributed by atoms with Crippen molar-refractivity contribution in [2.75, 3.05) is 26.2 Å². The molecule has 0 heterocycles. The molecule has 2 N–H and O–H groups in total. The summed E-state index contributed by atoms with van der Waals surface area (Å²) in [6.07, 6.45) is 2.47. The van der Waals surface area contributed by atoms with Gasteiger partial charge in [0.2, 0.25) is 0 Å². The maximum Gasteiger partial charge on any atom is 0.00538 e. The van der Waals surface area contributed by atoms with Crippen LogP contribution in [0.1, 0.15) is 44.2 Å². The molecule has 2 rings (SSSR count). The van der Waals surface area contributed by atoms with Crippen molar-refractivity contribution in [2.45, 2.75) is 39.5 Å². The Kier molecular flexibility index (Phi) is 4.64. The van der Waals surface area contributed by atoms with E-state index in [4.69, 9.17) is 5.73 Å². The van der Waals surface area contributed by atoms with Gasteiger partial charge in [0.25, 0.3) is 0 Å². The van der Waals surface area contributed by atoms with Crippen molar-refractivity contribution in [1.82, 2.24) is 4.90 Å². The van der Waals surface area contributed by atoms with Gasteiger partial charge in [-0.2, -0.15) is 0 Å². The molecule has 2 heteroatoms. The molecule has 0 fully saturated rings. The van der Waals surface area contributed by atoms with Crippen LogP contribution < -0.4 is 5.73 Å². The van der Waals surface area contributed by atoms with Gasteiger partial charge in [0.05, 0.1) is 0 Å². The van der Waals surface area contributed by atoms with Crippen LogP contribution in [0.15, 0.2) is 24.3 Å². The Morgan fingerprint density at radius 1 is 1.32 bits per heavy atom. The van der Waals surface area contributed by atoms with Crippen molar-refractivity contribution in [3.63, 3.8) is 0 Å². The molecule has 1 aliphatic carbocycles. The molecule has 0 saturated heterocycles. The molecule has 1 unspecified atom stereocenters. The molecular weight excluding hydrogens is 232 g/mol. The second-order valence-corrected chi connectivity index (χ2v) is 6.70. The van der Waals surface area contributed by atoms with Crippen LogP contribution in [-0.2, 0) is 6.42 Å². The molecule has 1 aliphatic rings. The molecule has 0 aliphatic heterocycles. The summed E-state index contributed by atoms with van der Waals surface area (Å²) in [5, 5.41) is 0. The predicted molar refractivity (Wildman–Crippen MR) is 82.5 cm³/mol. The van der Waals surface area contributed by atoms with Gasteiger partial charge in [0, 0.05) is 19.0 Å². The van der Waals surface area contributed by atoms with Gasteiger partial charge in [-0.1, -0.05) is 45.0 Å². The van der Waals surface area contributed by atoms with Crippen LogP contribution in [0.5, 0.6) is 0 Å². The summed E-state index contributed by atoms with van der Waals surface area (Å²) < 4.78 is 0. The molecular formula is C17H28N2. The molecule has 0 radical (unpaired) electrons.